The van der Waals surface area contributed by atoms with Crippen LogP contribution in [0, 0.1) is 18.6 Å². The van der Waals surface area contributed by atoms with Crippen LogP contribution in [0.25, 0.3) is 5.70 Å². The number of nitrogens with zero attached hydrogens (tertiary/aromatic N) is 2. The molecule has 0 saturated heterocycles. The van der Waals surface area contributed by atoms with Gasteiger partial charge in [-0.1, -0.05) is 6.07 Å². The Morgan fingerprint density at radius 3 is 2.61 bits per heavy atom. The number of para-hydroxylation sites is 1. The molecule has 0 aliphatic carbocycles. The number of ether oxygens (including phenoxy) is 1. The van der Waals surface area contributed by atoms with E-state index in [4.69, 9.17) is 4.74 Å². The number of halogens is 2. The second kappa shape index (κ2) is 7.93. The van der Waals surface area contributed by atoms with Crippen LogP contribution >= 0.6 is 0 Å². The fourth-order valence-electron chi connectivity index (χ4n) is 2.91. The number of anilines is 1. The third kappa shape index (κ3) is 4.12. The van der Waals surface area contributed by atoms with E-state index in [1.165, 1.54) is 6.07 Å². The Bertz CT molecular complexity index is 910. The van der Waals surface area contributed by atoms with Crippen LogP contribution in [-0.2, 0) is 4.79 Å². The number of hydrazine groups is 1. The number of rotatable bonds is 5. The predicted molar refractivity (Wildman–Crippen MR) is 102 cm³/mol. The van der Waals surface area contributed by atoms with Crippen molar-refractivity contribution < 1.29 is 18.3 Å². The quantitative estimate of drug-likeness (QED) is 0.823. The van der Waals surface area contributed by atoms with Gasteiger partial charge in [-0.05, 0) is 44.5 Å². The van der Waals surface area contributed by atoms with E-state index in [1.807, 2.05) is 26.8 Å². The fourth-order valence-corrected chi connectivity index (χ4v) is 2.91. The molecule has 1 unspecified atom stereocenters. The molecule has 0 radical (unpaired) electrons. The summed E-state index contributed by atoms with van der Waals surface area (Å²) in [4.78, 5) is 16.8. The first-order valence-electron chi connectivity index (χ1n) is 8.86. The first-order valence-corrected chi connectivity index (χ1v) is 8.86. The highest BCUT2D eigenvalue weighted by Gasteiger charge is 2.28. The van der Waals surface area contributed by atoms with Crippen LogP contribution in [0.4, 0.5) is 14.5 Å². The Hall–Kier alpha value is -3.00. The molecule has 1 aliphatic rings. The lowest BCUT2D eigenvalue weighted by Crippen LogP contribution is -2.41. The van der Waals surface area contributed by atoms with Gasteiger partial charge in [0.2, 0.25) is 11.8 Å². The maximum atomic E-state index is 13.8. The van der Waals surface area contributed by atoms with Crippen LogP contribution in [0.2, 0.25) is 0 Å². The lowest BCUT2D eigenvalue weighted by atomic mass is 10.1. The normalized spacial score (nSPS) is 16.3. The van der Waals surface area contributed by atoms with E-state index in [0.29, 0.717) is 5.88 Å². The highest BCUT2D eigenvalue weighted by atomic mass is 19.1. The molecule has 2 N–H and O–H groups in total. The molecule has 0 fully saturated rings. The van der Waals surface area contributed by atoms with Gasteiger partial charge in [-0.25, -0.2) is 19.2 Å². The number of amides is 1. The number of hydrogen-bond donors (Lipinski definition) is 2. The van der Waals surface area contributed by atoms with E-state index in [-0.39, 0.29) is 6.10 Å². The Morgan fingerprint density at radius 2 is 2.00 bits per heavy atom. The molecule has 0 saturated carbocycles. The predicted octanol–water partition coefficient (Wildman–Crippen LogP) is 3.25. The summed E-state index contributed by atoms with van der Waals surface area (Å²) in [5.41, 5.74) is 4.97. The SMILES string of the molecule is Cc1cc(OC(C)C)ncc1C1=CC(C(=O)Nc2c(F)cccc2F)NN1C. The number of benzene rings is 1. The number of aryl methyl sites for hydroxylation is 1. The van der Waals surface area contributed by atoms with Crippen molar-refractivity contribution in [2.45, 2.75) is 32.9 Å². The van der Waals surface area contributed by atoms with Crippen LogP contribution < -0.4 is 15.5 Å². The Labute approximate surface area is 162 Å². The van der Waals surface area contributed by atoms with Crippen molar-refractivity contribution in [1.82, 2.24) is 15.4 Å². The molecule has 1 atom stereocenters. The van der Waals surface area contributed by atoms with Crippen LogP contribution in [0.3, 0.4) is 0 Å². The van der Waals surface area contributed by atoms with Gasteiger partial charge in [0.25, 0.3) is 0 Å². The second-order valence-corrected chi connectivity index (χ2v) is 6.81. The van der Waals surface area contributed by atoms with Gasteiger partial charge in [-0.15, -0.1) is 0 Å². The van der Waals surface area contributed by atoms with Gasteiger partial charge in [0, 0.05) is 24.9 Å². The topological polar surface area (TPSA) is 66.5 Å². The van der Waals surface area contributed by atoms with E-state index < -0.39 is 29.3 Å². The molecule has 8 heteroatoms. The van der Waals surface area contributed by atoms with Gasteiger partial charge < -0.3 is 15.1 Å². The Balaban J connectivity index is 1.81. The molecular weight excluding hydrogens is 366 g/mol. The molecule has 1 aromatic carbocycles. The van der Waals surface area contributed by atoms with Crippen molar-refractivity contribution >= 4 is 17.3 Å². The van der Waals surface area contributed by atoms with Crippen molar-refractivity contribution in [2.24, 2.45) is 0 Å². The third-order valence-electron chi connectivity index (χ3n) is 4.23. The van der Waals surface area contributed by atoms with Gasteiger partial charge in [-0.3, -0.25) is 4.79 Å². The minimum Gasteiger partial charge on any atom is -0.475 e. The largest absolute Gasteiger partial charge is 0.475 e. The van der Waals surface area contributed by atoms with Gasteiger partial charge >= 0.3 is 0 Å². The van der Waals surface area contributed by atoms with E-state index in [0.717, 1.165) is 29.0 Å². The number of carbonyl (C=O) groups is 1. The molecule has 3 rings (SSSR count). The average Bonchev–Trinajstić information content (AvgIpc) is 2.99. The van der Waals surface area contributed by atoms with Crippen LogP contribution in [0.15, 0.2) is 36.5 Å². The summed E-state index contributed by atoms with van der Waals surface area (Å²) in [6, 6.07) is 4.45. The molecule has 0 spiro atoms. The zero-order valence-corrected chi connectivity index (χ0v) is 16.1. The summed E-state index contributed by atoms with van der Waals surface area (Å²) in [5.74, 6) is -1.71. The monoisotopic (exact) mass is 388 g/mol. The van der Waals surface area contributed by atoms with Gasteiger partial charge in [-0.2, -0.15) is 0 Å². The number of hydrogen-bond acceptors (Lipinski definition) is 5. The third-order valence-corrected chi connectivity index (χ3v) is 4.23. The molecule has 148 valence electrons. The summed E-state index contributed by atoms with van der Waals surface area (Å²) in [7, 11) is 1.75. The van der Waals surface area contributed by atoms with E-state index in [1.54, 1.807) is 24.3 Å². The Morgan fingerprint density at radius 1 is 1.32 bits per heavy atom. The molecule has 0 bridgehead atoms. The first kappa shape index (κ1) is 19.8. The van der Waals surface area contributed by atoms with E-state index >= 15 is 0 Å². The van der Waals surface area contributed by atoms with Crippen molar-refractivity contribution in [3.63, 3.8) is 0 Å². The Kier molecular flexibility index (Phi) is 5.60. The smallest absolute Gasteiger partial charge is 0.247 e. The number of carbonyl (C=O) groups excluding carboxylic acids is 1. The number of nitrogens with one attached hydrogen (secondary N) is 2. The fraction of sp³-hybridized carbons (Fsp3) is 0.300. The molecular formula is C20H22F2N4O2. The van der Waals surface area contributed by atoms with E-state index in [9.17, 15) is 13.6 Å². The average molecular weight is 388 g/mol. The summed E-state index contributed by atoms with van der Waals surface area (Å²) in [6.45, 7) is 5.76. The van der Waals surface area contributed by atoms with Gasteiger partial charge in [0.15, 0.2) is 0 Å². The van der Waals surface area contributed by atoms with Crippen molar-refractivity contribution in [2.75, 3.05) is 12.4 Å². The van der Waals surface area contributed by atoms with Crippen LogP contribution in [0.5, 0.6) is 5.88 Å². The van der Waals surface area contributed by atoms with Crippen LogP contribution in [0.1, 0.15) is 25.0 Å². The molecule has 2 heterocycles. The highest BCUT2D eigenvalue weighted by molar-refractivity contribution is 5.98. The van der Waals surface area contributed by atoms with Crippen molar-refractivity contribution in [1.29, 1.82) is 0 Å². The van der Waals surface area contributed by atoms with Crippen molar-refractivity contribution in [3.8, 4) is 5.88 Å². The number of pyridine rings is 1. The number of aromatic nitrogens is 1. The van der Waals surface area contributed by atoms with E-state index in [2.05, 4.69) is 15.7 Å². The molecule has 1 aromatic heterocycles. The standard InChI is InChI=1S/C20H22F2N4O2/c1-11(2)28-18-8-12(3)13(10-23-18)17-9-16(25-26(17)4)20(27)24-19-14(21)6-5-7-15(19)22/h5-11,16,25H,1-4H3,(H,24,27). The van der Waals surface area contributed by atoms with Crippen LogP contribution in [-0.4, -0.2) is 35.1 Å². The maximum Gasteiger partial charge on any atom is 0.247 e. The zero-order chi connectivity index (χ0) is 20.4. The maximum absolute atomic E-state index is 13.8. The minimum absolute atomic E-state index is 0.0136. The van der Waals surface area contributed by atoms with Gasteiger partial charge in [0.1, 0.15) is 23.4 Å². The molecule has 28 heavy (non-hydrogen) atoms. The summed E-state index contributed by atoms with van der Waals surface area (Å²) >= 11 is 0. The second-order valence-electron chi connectivity index (χ2n) is 6.81. The molecule has 1 aliphatic heterocycles. The zero-order valence-electron chi connectivity index (χ0n) is 16.1. The highest BCUT2D eigenvalue weighted by Crippen LogP contribution is 2.27. The lowest BCUT2D eigenvalue weighted by molar-refractivity contribution is -0.117. The van der Waals surface area contributed by atoms with Crippen molar-refractivity contribution in [3.05, 3.63) is 59.3 Å². The lowest BCUT2D eigenvalue weighted by Gasteiger charge is -2.20. The molecule has 2 aromatic rings. The summed E-state index contributed by atoms with van der Waals surface area (Å²) < 4.78 is 33.1. The minimum atomic E-state index is -0.829. The molecule has 6 nitrogen and oxygen atoms in total. The molecule has 1 amide bonds. The first-order chi connectivity index (χ1) is 13.3. The van der Waals surface area contributed by atoms with Gasteiger partial charge in [0.05, 0.1) is 11.8 Å². The summed E-state index contributed by atoms with van der Waals surface area (Å²) in [5, 5.41) is 3.98. The summed E-state index contributed by atoms with van der Waals surface area (Å²) in [6.07, 6.45) is 3.37.